The lowest BCUT2D eigenvalue weighted by Gasteiger charge is -2.34. The Hall–Kier alpha value is -2.89. The molecule has 2 aromatic rings. The lowest BCUT2D eigenvalue weighted by molar-refractivity contribution is -0.0874. The Morgan fingerprint density at radius 1 is 0.970 bits per heavy atom. The molecule has 0 spiro atoms. The van der Waals surface area contributed by atoms with E-state index in [4.69, 9.17) is 9.47 Å². The molecular weight excluding hydrogens is 432 g/mol. The molecule has 0 unspecified atom stereocenters. The van der Waals surface area contributed by atoms with E-state index in [2.05, 4.69) is 25.8 Å². The molecule has 0 atom stereocenters. The molecule has 5 heteroatoms. The van der Waals surface area contributed by atoms with Crippen LogP contribution in [0, 0.1) is 0 Å². The second-order valence-electron chi connectivity index (χ2n) is 9.01. The van der Waals surface area contributed by atoms with E-state index in [1.54, 1.807) is 42.5 Å². The monoisotopic (exact) mass is 464 g/mol. The van der Waals surface area contributed by atoms with Gasteiger partial charge < -0.3 is 9.47 Å². The molecule has 0 bridgehead atoms. The van der Waals surface area contributed by atoms with Crippen molar-refractivity contribution in [2.24, 2.45) is 0 Å². The van der Waals surface area contributed by atoms with Gasteiger partial charge in [-0.1, -0.05) is 49.6 Å². The van der Waals surface area contributed by atoms with Crippen LogP contribution in [0.5, 0.6) is 0 Å². The third-order valence-corrected chi connectivity index (χ3v) is 5.22. The number of ketones is 1. The molecule has 0 saturated heterocycles. The number of Topliss-reactive ketones (excluding diaryl/α,β-unsaturated/α-hetero) is 1. The van der Waals surface area contributed by atoms with E-state index >= 15 is 0 Å². The molecule has 2 rings (SSSR count). The molecule has 0 aliphatic carbocycles. The lowest BCUT2D eigenvalue weighted by atomic mass is 9.92. The molecule has 33 heavy (non-hydrogen) atoms. The van der Waals surface area contributed by atoms with E-state index in [0.29, 0.717) is 29.7 Å². The summed E-state index contributed by atoms with van der Waals surface area (Å²) in [5.74, 6) is -0.508. The highest BCUT2D eigenvalue weighted by Gasteiger charge is 2.33. The zero-order valence-electron chi connectivity index (χ0n) is 19.8. The number of hydrogen-bond donors (Lipinski definition) is 1. The number of allylic oxidation sites excluding steroid dienone is 4. The Morgan fingerprint density at radius 3 is 2.24 bits per heavy atom. The summed E-state index contributed by atoms with van der Waals surface area (Å²) in [5.41, 5.74) is 1.07. The van der Waals surface area contributed by atoms with Gasteiger partial charge in [0.25, 0.3) is 0 Å². The fourth-order valence-electron chi connectivity index (χ4n) is 3.63. The molecule has 0 fully saturated rings. The van der Waals surface area contributed by atoms with Gasteiger partial charge in [-0.25, -0.2) is 4.79 Å². The molecule has 0 saturated carbocycles. The number of benzene rings is 2. The van der Waals surface area contributed by atoms with Gasteiger partial charge in [-0.15, -0.1) is 12.6 Å². The van der Waals surface area contributed by atoms with Gasteiger partial charge in [-0.3, -0.25) is 4.79 Å². The van der Waals surface area contributed by atoms with Gasteiger partial charge in [0.2, 0.25) is 0 Å². The van der Waals surface area contributed by atoms with Crippen LogP contribution in [-0.4, -0.2) is 23.0 Å². The first-order valence-corrected chi connectivity index (χ1v) is 11.2. The highest BCUT2D eigenvalue weighted by Crippen LogP contribution is 2.28. The van der Waals surface area contributed by atoms with Gasteiger partial charge >= 0.3 is 5.97 Å². The predicted molar refractivity (Wildman–Crippen MR) is 136 cm³/mol. The van der Waals surface area contributed by atoms with Crippen molar-refractivity contribution < 1.29 is 19.1 Å². The predicted octanol–water partition coefficient (Wildman–Crippen LogP) is 6.78. The summed E-state index contributed by atoms with van der Waals surface area (Å²) in [7, 11) is 0. The van der Waals surface area contributed by atoms with Crippen LogP contribution < -0.4 is 0 Å². The fourth-order valence-corrected chi connectivity index (χ4v) is 3.78. The van der Waals surface area contributed by atoms with Crippen LogP contribution in [0.25, 0.3) is 0 Å². The van der Waals surface area contributed by atoms with E-state index in [1.807, 2.05) is 45.9 Å². The minimum atomic E-state index is -0.744. The van der Waals surface area contributed by atoms with E-state index in [1.165, 1.54) is 6.08 Å². The lowest BCUT2D eigenvalue weighted by Crippen LogP contribution is -2.38. The van der Waals surface area contributed by atoms with Crippen molar-refractivity contribution >= 4 is 24.4 Å². The van der Waals surface area contributed by atoms with Crippen LogP contribution in [0.15, 0.2) is 90.4 Å². The Kier molecular flexibility index (Phi) is 9.03. The third-order valence-electron chi connectivity index (χ3n) is 4.92. The highest BCUT2D eigenvalue weighted by atomic mass is 32.1. The molecule has 4 nitrogen and oxygen atoms in total. The number of ether oxygens (including phenoxy) is 2. The standard InChI is InChI=1S/C28H32O4S/c1-7-10-21(8-2)25(29)23-12-9-11-20(17-23)18-31-27(3,4)19-28(5,6)32-26(30)22-13-15-24(33)16-14-22/h7-17,33H,1-2,18-19H2,3-6H3/b21-10+. The molecule has 0 aliphatic rings. The van der Waals surface area contributed by atoms with Gasteiger partial charge in [0.1, 0.15) is 5.60 Å². The van der Waals surface area contributed by atoms with E-state index in [-0.39, 0.29) is 11.8 Å². The smallest absolute Gasteiger partial charge is 0.338 e. The molecule has 0 N–H and O–H groups in total. The quantitative estimate of drug-likeness (QED) is 0.131. The van der Waals surface area contributed by atoms with Crippen molar-refractivity contribution in [3.63, 3.8) is 0 Å². The summed E-state index contributed by atoms with van der Waals surface area (Å²) in [5, 5.41) is 0. The van der Waals surface area contributed by atoms with Crippen LogP contribution >= 0.6 is 12.6 Å². The maximum Gasteiger partial charge on any atom is 0.338 e. The van der Waals surface area contributed by atoms with Crippen molar-refractivity contribution in [2.75, 3.05) is 0 Å². The second-order valence-corrected chi connectivity index (χ2v) is 9.53. The van der Waals surface area contributed by atoms with Gasteiger partial charge in [0.05, 0.1) is 17.8 Å². The average molecular weight is 465 g/mol. The third kappa shape index (κ3) is 8.19. The molecule has 174 valence electrons. The number of rotatable bonds is 11. The first-order chi connectivity index (χ1) is 15.5. The Labute approximate surface area is 202 Å². The van der Waals surface area contributed by atoms with Crippen LogP contribution in [-0.2, 0) is 16.1 Å². The van der Waals surface area contributed by atoms with Gasteiger partial charge in [-0.2, -0.15) is 0 Å². The van der Waals surface area contributed by atoms with E-state index < -0.39 is 11.2 Å². The Morgan fingerprint density at radius 2 is 1.64 bits per heavy atom. The summed E-state index contributed by atoms with van der Waals surface area (Å²) in [6.07, 6.45) is 5.20. The van der Waals surface area contributed by atoms with E-state index in [9.17, 15) is 9.59 Å². The van der Waals surface area contributed by atoms with Crippen molar-refractivity contribution in [3.05, 3.63) is 102 Å². The molecule has 0 radical (unpaired) electrons. The molecule has 0 amide bonds. The summed E-state index contributed by atoms with van der Waals surface area (Å²) in [4.78, 5) is 26.0. The largest absolute Gasteiger partial charge is 0.456 e. The number of esters is 1. The Balaban J connectivity index is 2.02. The maximum atomic E-state index is 12.7. The molecule has 0 aromatic heterocycles. The number of thiol groups is 1. The number of carbonyl (C=O) groups excluding carboxylic acids is 2. The SMILES string of the molecule is C=C/C=C(\C=C)C(=O)c1cccc(COC(C)(C)CC(C)(C)OC(=O)c2ccc(S)cc2)c1. The highest BCUT2D eigenvalue weighted by molar-refractivity contribution is 7.80. The van der Waals surface area contributed by atoms with Crippen LogP contribution in [0.3, 0.4) is 0 Å². The van der Waals surface area contributed by atoms with Crippen molar-refractivity contribution in [2.45, 2.75) is 56.8 Å². The second kappa shape index (κ2) is 11.3. The number of carbonyl (C=O) groups is 2. The van der Waals surface area contributed by atoms with Gasteiger partial charge in [0, 0.05) is 22.5 Å². The normalized spacial score (nSPS) is 12.2. The summed E-state index contributed by atoms with van der Waals surface area (Å²) in [6, 6.07) is 14.2. The minimum Gasteiger partial charge on any atom is -0.456 e. The molecule has 0 heterocycles. The first kappa shape index (κ1) is 26.4. The minimum absolute atomic E-state index is 0.120. The molecule has 2 aromatic carbocycles. The summed E-state index contributed by atoms with van der Waals surface area (Å²) >= 11 is 4.24. The summed E-state index contributed by atoms with van der Waals surface area (Å²) < 4.78 is 11.9. The van der Waals surface area contributed by atoms with E-state index in [0.717, 1.165) is 10.5 Å². The fraction of sp³-hybridized carbons (Fsp3) is 0.286. The van der Waals surface area contributed by atoms with Gasteiger partial charge in [-0.05, 0) is 63.6 Å². The Bertz CT molecular complexity index is 1050. The van der Waals surface area contributed by atoms with Crippen LogP contribution in [0.2, 0.25) is 0 Å². The topological polar surface area (TPSA) is 52.6 Å². The first-order valence-electron chi connectivity index (χ1n) is 10.7. The van der Waals surface area contributed by atoms with Gasteiger partial charge in [0.15, 0.2) is 5.78 Å². The molecular formula is C28H32O4S. The van der Waals surface area contributed by atoms with Crippen molar-refractivity contribution in [3.8, 4) is 0 Å². The molecule has 0 aliphatic heterocycles. The zero-order valence-corrected chi connectivity index (χ0v) is 20.7. The van der Waals surface area contributed by atoms with Crippen LogP contribution in [0.1, 0.15) is 60.4 Å². The maximum absolute atomic E-state index is 12.7. The van der Waals surface area contributed by atoms with Crippen LogP contribution in [0.4, 0.5) is 0 Å². The zero-order chi connectivity index (χ0) is 24.6. The average Bonchev–Trinajstić information content (AvgIpc) is 2.75. The van der Waals surface area contributed by atoms with Crippen molar-refractivity contribution in [1.29, 1.82) is 0 Å². The number of hydrogen-bond acceptors (Lipinski definition) is 5. The van der Waals surface area contributed by atoms with Crippen molar-refractivity contribution in [1.82, 2.24) is 0 Å². The summed E-state index contributed by atoms with van der Waals surface area (Å²) in [6.45, 7) is 15.3.